The molecule has 2 heteroatoms. The molecule has 1 aliphatic rings. The second kappa shape index (κ2) is 4.74. The van der Waals surface area contributed by atoms with Gasteiger partial charge in [-0.05, 0) is 49.8 Å². The third-order valence-electron chi connectivity index (χ3n) is 3.92. The predicted octanol–water partition coefficient (Wildman–Crippen LogP) is 4.12. The Kier molecular flexibility index (Phi) is 3.65. The topological polar surface area (TPSA) is 12.0 Å². The Morgan fingerprint density at radius 3 is 2.59 bits per heavy atom. The molecule has 0 radical (unpaired) electrons. The molecule has 2 heterocycles. The molecule has 1 aliphatic heterocycles. The quantitative estimate of drug-likeness (QED) is 0.852. The number of nitrogens with one attached hydrogen (secondary N) is 1. The summed E-state index contributed by atoms with van der Waals surface area (Å²) in [7, 11) is 0. The van der Waals surface area contributed by atoms with E-state index in [4.69, 9.17) is 0 Å². The van der Waals surface area contributed by atoms with Gasteiger partial charge < -0.3 is 5.32 Å². The molecule has 1 fully saturated rings. The SMILES string of the molecule is CCC1(Cc2ccc(C(C)(C)C)s2)CCCN1. The predicted molar refractivity (Wildman–Crippen MR) is 77.0 cm³/mol. The Balaban J connectivity index is 2.11. The molecule has 0 spiro atoms. The summed E-state index contributed by atoms with van der Waals surface area (Å²) in [6, 6.07) is 4.65. The van der Waals surface area contributed by atoms with Crippen LogP contribution in [0.15, 0.2) is 12.1 Å². The van der Waals surface area contributed by atoms with Crippen LogP contribution < -0.4 is 5.32 Å². The number of hydrogen-bond acceptors (Lipinski definition) is 2. The second-order valence-corrected chi connectivity index (χ2v) is 7.53. The van der Waals surface area contributed by atoms with Gasteiger partial charge in [-0.15, -0.1) is 11.3 Å². The molecule has 96 valence electrons. The van der Waals surface area contributed by atoms with E-state index in [9.17, 15) is 0 Å². The average Bonchev–Trinajstić information content (AvgIpc) is 2.87. The molecule has 2 rings (SSSR count). The van der Waals surface area contributed by atoms with E-state index >= 15 is 0 Å². The first-order valence-corrected chi connectivity index (χ1v) is 7.61. The van der Waals surface area contributed by atoms with Crippen molar-refractivity contribution in [3.05, 3.63) is 21.9 Å². The zero-order chi connectivity index (χ0) is 12.5. The minimum Gasteiger partial charge on any atom is -0.311 e. The highest BCUT2D eigenvalue weighted by atomic mass is 32.1. The Bertz CT molecular complexity index is 367. The zero-order valence-corrected chi connectivity index (χ0v) is 12.4. The molecule has 0 saturated carbocycles. The fourth-order valence-corrected chi connectivity index (χ4v) is 3.87. The normalized spacial score (nSPS) is 25.4. The van der Waals surface area contributed by atoms with Gasteiger partial charge in [0.05, 0.1) is 0 Å². The Morgan fingerprint density at radius 2 is 2.12 bits per heavy atom. The molecule has 0 bridgehead atoms. The van der Waals surface area contributed by atoms with Crippen LogP contribution >= 0.6 is 11.3 Å². The molecule has 1 N–H and O–H groups in total. The van der Waals surface area contributed by atoms with Crippen LogP contribution in [-0.2, 0) is 11.8 Å². The average molecular weight is 251 g/mol. The zero-order valence-electron chi connectivity index (χ0n) is 11.6. The van der Waals surface area contributed by atoms with Crippen LogP contribution in [0.1, 0.15) is 56.7 Å². The van der Waals surface area contributed by atoms with Crippen LogP contribution in [0, 0.1) is 0 Å². The van der Waals surface area contributed by atoms with Gasteiger partial charge in [-0.1, -0.05) is 27.7 Å². The first kappa shape index (κ1) is 13.1. The van der Waals surface area contributed by atoms with Crippen molar-refractivity contribution < 1.29 is 0 Å². The van der Waals surface area contributed by atoms with Crippen molar-refractivity contribution in [2.24, 2.45) is 0 Å². The van der Waals surface area contributed by atoms with Gasteiger partial charge >= 0.3 is 0 Å². The molecule has 0 aliphatic carbocycles. The number of thiophene rings is 1. The molecule has 1 unspecified atom stereocenters. The highest BCUT2D eigenvalue weighted by molar-refractivity contribution is 7.12. The summed E-state index contributed by atoms with van der Waals surface area (Å²) in [6.45, 7) is 10.4. The highest BCUT2D eigenvalue weighted by Gasteiger charge is 2.32. The van der Waals surface area contributed by atoms with Gasteiger partial charge in [0.1, 0.15) is 0 Å². The van der Waals surface area contributed by atoms with E-state index in [1.807, 2.05) is 11.3 Å². The van der Waals surface area contributed by atoms with Crippen molar-refractivity contribution in [1.29, 1.82) is 0 Å². The van der Waals surface area contributed by atoms with Crippen molar-refractivity contribution in [1.82, 2.24) is 5.32 Å². The van der Waals surface area contributed by atoms with Gasteiger partial charge in [0, 0.05) is 15.3 Å². The van der Waals surface area contributed by atoms with E-state index in [1.54, 1.807) is 4.88 Å². The Morgan fingerprint density at radius 1 is 1.35 bits per heavy atom. The van der Waals surface area contributed by atoms with Crippen LogP contribution in [0.3, 0.4) is 0 Å². The monoisotopic (exact) mass is 251 g/mol. The van der Waals surface area contributed by atoms with Gasteiger partial charge in [0.25, 0.3) is 0 Å². The summed E-state index contributed by atoms with van der Waals surface area (Å²) in [4.78, 5) is 3.06. The molecule has 1 aromatic rings. The fraction of sp³-hybridized carbons (Fsp3) is 0.733. The summed E-state index contributed by atoms with van der Waals surface area (Å²) >= 11 is 2.00. The Hall–Kier alpha value is -0.340. The van der Waals surface area contributed by atoms with Crippen LogP contribution in [0.2, 0.25) is 0 Å². The third kappa shape index (κ3) is 2.92. The molecule has 17 heavy (non-hydrogen) atoms. The molecule has 1 saturated heterocycles. The van der Waals surface area contributed by atoms with E-state index in [-0.39, 0.29) is 0 Å². The van der Waals surface area contributed by atoms with Crippen LogP contribution in [0.25, 0.3) is 0 Å². The maximum absolute atomic E-state index is 3.72. The van der Waals surface area contributed by atoms with Crippen molar-refractivity contribution in [2.45, 2.75) is 64.3 Å². The summed E-state index contributed by atoms with van der Waals surface area (Å²) in [6.07, 6.45) is 5.14. The molecular weight excluding hydrogens is 226 g/mol. The number of rotatable bonds is 3. The van der Waals surface area contributed by atoms with Crippen LogP contribution in [-0.4, -0.2) is 12.1 Å². The van der Waals surface area contributed by atoms with Crippen molar-refractivity contribution >= 4 is 11.3 Å². The van der Waals surface area contributed by atoms with E-state index in [0.29, 0.717) is 11.0 Å². The smallest absolute Gasteiger partial charge is 0.0227 e. The lowest BCUT2D eigenvalue weighted by atomic mass is 9.89. The van der Waals surface area contributed by atoms with Crippen LogP contribution in [0.4, 0.5) is 0 Å². The summed E-state index contributed by atoms with van der Waals surface area (Å²) < 4.78 is 0. The van der Waals surface area contributed by atoms with Crippen molar-refractivity contribution in [2.75, 3.05) is 6.54 Å². The standard InChI is InChI=1S/C15H25NS/c1-5-15(9-6-10-16-15)11-12-7-8-13(17-12)14(2,3)4/h7-8,16H,5-6,9-11H2,1-4H3. The molecule has 1 aromatic heterocycles. The summed E-state index contributed by atoms with van der Waals surface area (Å²) in [5.41, 5.74) is 0.686. The lowest BCUT2D eigenvalue weighted by molar-refractivity contribution is 0.362. The Labute approximate surface area is 110 Å². The molecule has 1 nitrogen and oxygen atoms in total. The third-order valence-corrected chi connectivity index (χ3v) is 5.43. The van der Waals surface area contributed by atoms with Gasteiger partial charge in [-0.25, -0.2) is 0 Å². The largest absolute Gasteiger partial charge is 0.311 e. The van der Waals surface area contributed by atoms with Crippen molar-refractivity contribution in [3.63, 3.8) is 0 Å². The van der Waals surface area contributed by atoms with E-state index in [1.165, 1.54) is 37.1 Å². The van der Waals surface area contributed by atoms with Crippen molar-refractivity contribution in [3.8, 4) is 0 Å². The lowest BCUT2D eigenvalue weighted by Crippen LogP contribution is -2.40. The first-order valence-electron chi connectivity index (χ1n) is 6.79. The maximum Gasteiger partial charge on any atom is 0.0227 e. The molecule has 0 amide bonds. The van der Waals surface area contributed by atoms with Gasteiger partial charge in [-0.2, -0.15) is 0 Å². The first-order chi connectivity index (χ1) is 7.95. The second-order valence-electron chi connectivity index (χ2n) is 6.36. The lowest BCUT2D eigenvalue weighted by Gasteiger charge is -2.27. The molecule has 1 atom stereocenters. The van der Waals surface area contributed by atoms with Gasteiger partial charge in [0.2, 0.25) is 0 Å². The fourth-order valence-electron chi connectivity index (χ4n) is 2.66. The minimum absolute atomic E-state index is 0.297. The minimum atomic E-state index is 0.297. The number of hydrogen-bond donors (Lipinski definition) is 1. The van der Waals surface area contributed by atoms with Crippen LogP contribution in [0.5, 0.6) is 0 Å². The van der Waals surface area contributed by atoms with E-state index in [0.717, 1.165) is 0 Å². The van der Waals surface area contributed by atoms with Gasteiger partial charge in [-0.3, -0.25) is 0 Å². The maximum atomic E-state index is 3.72. The summed E-state index contributed by atoms with van der Waals surface area (Å²) in [5, 5.41) is 3.72. The molecular formula is C15H25NS. The highest BCUT2D eigenvalue weighted by Crippen LogP contribution is 2.34. The van der Waals surface area contributed by atoms with E-state index < -0.39 is 0 Å². The summed E-state index contributed by atoms with van der Waals surface area (Å²) in [5.74, 6) is 0. The molecule has 0 aromatic carbocycles. The van der Waals surface area contributed by atoms with E-state index in [2.05, 4.69) is 45.1 Å². The van der Waals surface area contributed by atoms with Gasteiger partial charge in [0.15, 0.2) is 0 Å².